The Bertz CT molecular complexity index is 1160. The number of benzene rings is 3. The zero-order valence-electron chi connectivity index (χ0n) is 14.4. The van der Waals surface area contributed by atoms with E-state index in [9.17, 15) is 0 Å². The third-order valence-corrected chi connectivity index (χ3v) is 6.12. The number of anilines is 2. The first-order valence-electron chi connectivity index (χ1n) is 9.13. The molecular weight excluding hydrogens is 356 g/mol. The number of nitrogens with zero attached hydrogens (tertiary/aromatic N) is 1. The molecule has 6 rings (SSSR count). The molecule has 5 heteroatoms. The Balaban J connectivity index is 1.59. The Kier molecular flexibility index (Phi) is 3.08. The number of nitrogens with one attached hydrogen (secondary N) is 3. The van der Waals surface area contributed by atoms with Crippen LogP contribution in [0.5, 0.6) is 0 Å². The highest BCUT2D eigenvalue weighted by molar-refractivity contribution is 6.30. The van der Waals surface area contributed by atoms with E-state index in [1.54, 1.807) is 0 Å². The third kappa shape index (κ3) is 2.14. The molecule has 0 amide bonds. The molecule has 0 aliphatic carbocycles. The van der Waals surface area contributed by atoms with Crippen molar-refractivity contribution in [1.82, 2.24) is 10.2 Å². The van der Waals surface area contributed by atoms with Gasteiger partial charge in [-0.2, -0.15) is 5.10 Å². The van der Waals surface area contributed by atoms with Crippen LogP contribution in [-0.4, -0.2) is 10.2 Å². The number of hydrogen-bond donors (Lipinski definition) is 3. The van der Waals surface area contributed by atoms with Gasteiger partial charge in [0.15, 0.2) is 0 Å². The molecule has 3 N–H and O–H groups in total. The van der Waals surface area contributed by atoms with E-state index in [0.717, 1.165) is 16.2 Å². The number of halogens is 1. The molecule has 4 nitrogen and oxygen atoms in total. The smallest absolute Gasteiger partial charge is 0.0655 e. The van der Waals surface area contributed by atoms with Gasteiger partial charge in [-0.05, 0) is 41.5 Å². The van der Waals surface area contributed by atoms with Gasteiger partial charge in [0.1, 0.15) is 0 Å². The second-order valence-corrected chi connectivity index (χ2v) is 7.70. The van der Waals surface area contributed by atoms with Crippen molar-refractivity contribution in [3.05, 3.63) is 88.6 Å². The minimum absolute atomic E-state index is 0.167. The Morgan fingerprint density at radius 3 is 2.52 bits per heavy atom. The normalized spacial score (nSPS) is 22.5. The highest BCUT2D eigenvalue weighted by Crippen LogP contribution is 2.56. The van der Waals surface area contributed by atoms with Gasteiger partial charge in [-0.3, -0.25) is 5.10 Å². The Morgan fingerprint density at radius 1 is 0.815 bits per heavy atom. The highest BCUT2D eigenvalue weighted by atomic mass is 35.5. The molecule has 132 valence electrons. The van der Waals surface area contributed by atoms with Gasteiger partial charge < -0.3 is 10.6 Å². The number of fused-ring (bicyclic) bond motifs is 7. The van der Waals surface area contributed by atoms with Crippen LogP contribution in [0.1, 0.15) is 34.7 Å². The second-order valence-electron chi connectivity index (χ2n) is 7.27. The molecule has 27 heavy (non-hydrogen) atoms. The van der Waals surface area contributed by atoms with Crippen LogP contribution in [0.15, 0.2) is 66.9 Å². The standard InChI is InChI=1S/C22H17ClN4/c23-13-7-5-12(6-8-13)21-20-14-3-1-2-4-16(14)25-22(20)19-15-11-24-27-17(15)9-10-18(19)26-21/h1-11,20-22,25-26H,(H,24,27)/t20-,21-,22+/m1/s1. The summed E-state index contributed by atoms with van der Waals surface area (Å²) in [4.78, 5) is 0. The van der Waals surface area contributed by atoms with Gasteiger partial charge in [-0.15, -0.1) is 0 Å². The first-order chi connectivity index (χ1) is 13.3. The van der Waals surface area contributed by atoms with Gasteiger partial charge in [-0.1, -0.05) is 41.9 Å². The van der Waals surface area contributed by atoms with Crippen LogP contribution in [0.25, 0.3) is 10.9 Å². The number of rotatable bonds is 1. The lowest BCUT2D eigenvalue weighted by Crippen LogP contribution is -2.30. The van der Waals surface area contributed by atoms with Crippen LogP contribution >= 0.6 is 11.6 Å². The average molecular weight is 373 g/mol. The van der Waals surface area contributed by atoms with E-state index in [1.165, 1.54) is 27.8 Å². The van der Waals surface area contributed by atoms with E-state index >= 15 is 0 Å². The lowest BCUT2D eigenvalue weighted by Gasteiger charge is -2.38. The molecule has 2 aliphatic heterocycles. The van der Waals surface area contributed by atoms with Crippen LogP contribution in [0.4, 0.5) is 11.4 Å². The molecule has 0 saturated carbocycles. The molecule has 2 aliphatic rings. The van der Waals surface area contributed by atoms with Crippen molar-refractivity contribution in [2.75, 3.05) is 10.6 Å². The lowest BCUT2D eigenvalue weighted by molar-refractivity contribution is 0.523. The SMILES string of the molecule is Clc1ccc([C@H]2Nc3ccc4[nH]ncc4c3[C@@H]3Nc4ccccc4[C@H]23)cc1. The molecule has 3 aromatic carbocycles. The zero-order chi connectivity index (χ0) is 18.0. The van der Waals surface area contributed by atoms with E-state index in [0.29, 0.717) is 0 Å². The summed E-state index contributed by atoms with van der Waals surface area (Å²) in [6, 6.07) is 21.4. The van der Waals surface area contributed by atoms with Crippen LogP contribution in [0.3, 0.4) is 0 Å². The van der Waals surface area contributed by atoms with E-state index in [4.69, 9.17) is 11.6 Å². The fourth-order valence-corrected chi connectivity index (χ4v) is 4.82. The van der Waals surface area contributed by atoms with Gasteiger partial charge in [0.25, 0.3) is 0 Å². The molecule has 0 spiro atoms. The van der Waals surface area contributed by atoms with Crippen molar-refractivity contribution in [2.45, 2.75) is 18.0 Å². The summed E-state index contributed by atoms with van der Waals surface area (Å²) in [6.45, 7) is 0. The van der Waals surface area contributed by atoms with Crippen LogP contribution < -0.4 is 10.6 Å². The number of hydrogen-bond acceptors (Lipinski definition) is 3. The number of aromatic nitrogens is 2. The van der Waals surface area contributed by atoms with Crippen LogP contribution in [0.2, 0.25) is 5.02 Å². The monoisotopic (exact) mass is 372 g/mol. The molecule has 0 bridgehead atoms. The number of para-hydroxylation sites is 1. The summed E-state index contributed by atoms with van der Waals surface area (Å²) in [5, 5.41) is 16.9. The Labute approximate surface area is 161 Å². The molecular formula is C22H17ClN4. The predicted molar refractivity (Wildman–Crippen MR) is 109 cm³/mol. The van der Waals surface area contributed by atoms with Gasteiger partial charge in [0.2, 0.25) is 0 Å². The minimum atomic E-state index is 0.167. The van der Waals surface area contributed by atoms with E-state index < -0.39 is 0 Å². The van der Waals surface area contributed by atoms with Gasteiger partial charge in [0.05, 0.1) is 23.8 Å². The van der Waals surface area contributed by atoms with Crippen molar-refractivity contribution in [3.63, 3.8) is 0 Å². The molecule has 3 atom stereocenters. The first-order valence-corrected chi connectivity index (χ1v) is 9.51. The van der Waals surface area contributed by atoms with Gasteiger partial charge in [0, 0.05) is 33.3 Å². The largest absolute Gasteiger partial charge is 0.377 e. The zero-order valence-corrected chi connectivity index (χ0v) is 15.2. The summed E-state index contributed by atoms with van der Waals surface area (Å²) in [5.41, 5.74) is 7.31. The highest BCUT2D eigenvalue weighted by Gasteiger charge is 2.44. The maximum Gasteiger partial charge on any atom is 0.0655 e. The number of H-pyrrole nitrogens is 1. The van der Waals surface area contributed by atoms with Crippen molar-refractivity contribution >= 4 is 33.9 Å². The van der Waals surface area contributed by atoms with Crippen molar-refractivity contribution < 1.29 is 0 Å². The topological polar surface area (TPSA) is 52.7 Å². The molecule has 1 aromatic heterocycles. The maximum atomic E-state index is 6.13. The number of aromatic amines is 1. The summed E-state index contributed by atoms with van der Waals surface area (Å²) in [5.74, 6) is 0.287. The Morgan fingerprint density at radius 2 is 1.63 bits per heavy atom. The second kappa shape index (κ2) is 5.51. The van der Waals surface area contributed by atoms with Gasteiger partial charge >= 0.3 is 0 Å². The molecule has 0 unspecified atom stereocenters. The molecule has 4 aromatic rings. The first kappa shape index (κ1) is 15.1. The fraction of sp³-hybridized carbons (Fsp3) is 0.136. The van der Waals surface area contributed by atoms with E-state index in [2.05, 4.69) is 69.4 Å². The van der Waals surface area contributed by atoms with Crippen LogP contribution in [0, 0.1) is 0 Å². The van der Waals surface area contributed by atoms with Crippen molar-refractivity contribution in [2.24, 2.45) is 0 Å². The summed E-state index contributed by atoms with van der Waals surface area (Å²) in [7, 11) is 0. The average Bonchev–Trinajstić information content (AvgIpc) is 3.32. The summed E-state index contributed by atoms with van der Waals surface area (Å²) < 4.78 is 0. The molecule has 0 radical (unpaired) electrons. The third-order valence-electron chi connectivity index (χ3n) is 5.87. The van der Waals surface area contributed by atoms with E-state index in [1.807, 2.05) is 18.3 Å². The quantitative estimate of drug-likeness (QED) is 0.405. The molecule has 0 saturated heterocycles. The van der Waals surface area contributed by atoms with Gasteiger partial charge in [-0.25, -0.2) is 0 Å². The Hall–Kier alpha value is -2.98. The summed E-state index contributed by atoms with van der Waals surface area (Å²) >= 11 is 6.13. The van der Waals surface area contributed by atoms with E-state index in [-0.39, 0.29) is 18.0 Å². The minimum Gasteiger partial charge on any atom is -0.377 e. The fourth-order valence-electron chi connectivity index (χ4n) is 4.70. The van der Waals surface area contributed by atoms with Crippen molar-refractivity contribution in [1.29, 1.82) is 0 Å². The van der Waals surface area contributed by atoms with Crippen LogP contribution in [-0.2, 0) is 0 Å². The van der Waals surface area contributed by atoms with Crippen molar-refractivity contribution in [3.8, 4) is 0 Å². The predicted octanol–water partition coefficient (Wildman–Crippen LogP) is 5.63. The lowest BCUT2D eigenvalue weighted by atomic mass is 9.77. The molecule has 0 fully saturated rings. The molecule has 3 heterocycles. The maximum absolute atomic E-state index is 6.13. The summed E-state index contributed by atoms with van der Waals surface area (Å²) in [6.07, 6.45) is 1.93.